The second-order valence-electron chi connectivity index (χ2n) is 4.48. The molecule has 1 atom stereocenters. The Morgan fingerprint density at radius 1 is 1.53 bits per heavy atom. The van der Waals surface area contributed by atoms with E-state index in [1.54, 1.807) is 7.11 Å². The number of nitrogens with two attached hydrogens (primary N) is 1. The summed E-state index contributed by atoms with van der Waals surface area (Å²) in [5.74, 6) is 0.546. The van der Waals surface area contributed by atoms with Crippen LogP contribution in [0.15, 0.2) is 0 Å². The summed E-state index contributed by atoms with van der Waals surface area (Å²) in [5, 5.41) is 0. The lowest BCUT2D eigenvalue weighted by molar-refractivity contribution is -0.133. The smallest absolute Gasteiger partial charge is 0.222 e. The predicted octanol–water partition coefficient (Wildman–Crippen LogP) is 0.609. The zero-order valence-electron chi connectivity index (χ0n) is 9.74. The van der Waals surface area contributed by atoms with Gasteiger partial charge < -0.3 is 15.4 Å². The van der Waals surface area contributed by atoms with Crippen LogP contribution >= 0.6 is 0 Å². The fourth-order valence-corrected chi connectivity index (χ4v) is 1.92. The monoisotopic (exact) mass is 214 g/mol. The van der Waals surface area contributed by atoms with Gasteiger partial charge in [0.1, 0.15) is 0 Å². The van der Waals surface area contributed by atoms with Crippen LogP contribution < -0.4 is 5.73 Å². The third-order valence-corrected chi connectivity index (χ3v) is 2.87. The first-order chi connectivity index (χ1) is 7.13. The number of likely N-dealkylation sites (tertiary alicyclic amines) is 1. The molecule has 0 aliphatic carbocycles. The maximum atomic E-state index is 11.8. The number of ether oxygens (including phenoxy) is 1. The molecule has 1 aliphatic rings. The Hall–Kier alpha value is -0.610. The number of hydrogen-bond acceptors (Lipinski definition) is 3. The van der Waals surface area contributed by atoms with E-state index in [2.05, 4.69) is 0 Å². The van der Waals surface area contributed by atoms with Gasteiger partial charge in [0, 0.05) is 39.3 Å². The van der Waals surface area contributed by atoms with Crippen LogP contribution in [0.2, 0.25) is 0 Å². The molecule has 1 amide bonds. The van der Waals surface area contributed by atoms with E-state index in [1.807, 2.05) is 11.8 Å². The number of piperidine rings is 1. The molecule has 0 saturated carbocycles. The molecule has 1 fully saturated rings. The molecule has 1 aliphatic heterocycles. The van der Waals surface area contributed by atoms with Gasteiger partial charge in [-0.2, -0.15) is 0 Å². The summed E-state index contributed by atoms with van der Waals surface area (Å²) in [6.45, 7) is 4.33. The number of nitrogens with zero attached hydrogens (tertiary/aromatic N) is 1. The predicted molar refractivity (Wildman–Crippen MR) is 59.4 cm³/mol. The lowest BCUT2D eigenvalue weighted by Gasteiger charge is -2.30. The van der Waals surface area contributed by atoms with Crippen molar-refractivity contribution in [3.8, 4) is 0 Å². The first-order valence-electron chi connectivity index (χ1n) is 5.65. The Labute approximate surface area is 91.8 Å². The number of rotatable bonds is 4. The standard InChI is InChI=1S/C11H22N2O2/c1-9(8-15-2)7-11(14)13-5-3-10(12)4-6-13/h9-10H,3-8,12H2,1-2H3. The van der Waals surface area contributed by atoms with Crippen molar-refractivity contribution in [2.24, 2.45) is 11.7 Å². The molecular weight excluding hydrogens is 192 g/mol. The van der Waals surface area contributed by atoms with E-state index in [4.69, 9.17) is 10.5 Å². The summed E-state index contributed by atoms with van der Waals surface area (Å²) in [6.07, 6.45) is 2.46. The van der Waals surface area contributed by atoms with Crippen molar-refractivity contribution < 1.29 is 9.53 Å². The molecule has 0 radical (unpaired) electrons. The van der Waals surface area contributed by atoms with Gasteiger partial charge in [-0.3, -0.25) is 4.79 Å². The van der Waals surface area contributed by atoms with Gasteiger partial charge in [0.2, 0.25) is 5.91 Å². The Bertz CT molecular complexity index is 201. The first-order valence-corrected chi connectivity index (χ1v) is 5.65. The fourth-order valence-electron chi connectivity index (χ4n) is 1.92. The van der Waals surface area contributed by atoms with Crippen molar-refractivity contribution in [3.63, 3.8) is 0 Å². The Balaban J connectivity index is 2.27. The van der Waals surface area contributed by atoms with Gasteiger partial charge in [-0.15, -0.1) is 0 Å². The van der Waals surface area contributed by atoms with Gasteiger partial charge in [-0.05, 0) is 18.8 Å². The largest absolute Gasteiger partial charge is 0.384 e. The van der Waals surface area contributed by atoms with Crippen molar-refractivity contribution in [2.75, 3.05) is 26.8 Å². The Kier molecular flexibility index (Phi) is 5.05. The van der Waals surface area contributed by atoms with Gasteiger partial charge in [0.15, 0.2) is 0 Å². The average molecular weight is 214 g/mol. The van der Waals surface area contributed by atoms with Gasteiger partial charge in [0.25, 0.3) is 0 Å². The lowest BCUT2D eigenvalue weighted by Crippen LogP contribution is -2.43. The quantitative estimate of drug-likeness (QED) is 0.746. The number of methoxy groups -OCH3 is 1. The van der Waals surface area contributed by atoms with Crippen LogP contribution in [0.5, 0.6) is 0 Å². The van der Waals surface area contributed by atoms with Crippen LogP contribution in [0.1, 0.15) is 26.2 Å². The van der Waals surface area contributed by atoms with Crippen molar-refractivity contribution in [1.82, 2.24) is 4.90 Å². The molecule has 0 bridgehead atoms. The average Bonchev–Trinajstić information content (AvgIpc) is 2.18. The normalized spacial score (nSPS) is 20.3. The number of carbonyl (C=O) groups is 1. The van der Waals surface area contributed by atoms with Crippen molar-refractivity contribution >= 4 is 5.91 Å². The third kappa shape index (κ3) is 4.18. The summed E-state index contributed by atoms with van der Waals surface area (Å²) >= 11 is 0. The van der Waals surface area contributed by atoms with Crippen molar-refractivity contribution in [3.05, 3.63) is 0 Å². The van der Waals surface area contributed by atoms with Crippen LogP contribution in [-0.4, -0.2) is 43.7 Å². The Morgan fingerprint density at radius 2 is 2.13 bits per heavy atom. The van der Waals surface area contributed by atoms with Crippen molar-refractivity contribution in [2.45, 2.75) is 32.2 Å². The zero-order chi connectivity index (χ0) is 11.3. The summed E-state index contributed by atoms with van der Waals surface area (Å²) in [5.41, 5.74) is 5.79. The second-order valence-corrected chi connectivity index (χ2v) is 4.48. The SMILES string of the molecule is COCC(C)CC(=O)N1CCC(N)CC1. The fraction of sp³-hybridized carbons (Fsp3) is 0.909. The topological polar surface area (TPSA) is 55.6 Å². The maximum Gasteiger partial charge on any atom is 0.222 e. The van der Waals surface area contributed by atoms with Crippen LogP contribution in [0, 0.1) is 5.92 Å². The molecule has 0 aromatic heterocycles. The molecular formula is C11H22N2O2. The molecule has 15 heavy (non-hydrogen) atoms. The van der Waals surface area contributed by atoms with Gasteiger partial charge in [-0.25, -0.2) is 0 Å². The van der Waals surface area contributed by atoms with Crippen LogP contribution in [0.4, 0.5) is 0 Å². The molecule has 4 nitrogen and oxygen atoms in total. The van der Waals surface area contributed by atoms with Gasteiger partial charge >= 0.3 is 0 Å². The van der Waals surface area contributed by atoms with E-state index in [-0.39, 0.29) is 11.9 Å². The highest BCUT2D eigenvalue weighted by Crippen LogP contribution is 2.12. The van der Waals surface area contributed by atoms with E-state index in [0.717, 1.165) is 25.9 Å². The molecule has 1 rings (SSSR count). The van der Waals surface area contributed by atoms with Crippen LogP contribution in [-0.2, 0) is 9.53 Å². The van der Waals surface area contributed by atoms with Crippen LogP contribution in [0.3, 0.4) is 0 Å². The number of amides is 1. The minimum absolute atomic E-state index is 0.242. The first kappa shape index (κ1) is 12.5. The molecule has 0 aromatic carbocycles. The molecule has 2 N–H and O–H groups in total. The lowest BCUT2D eigenvalue weighted by atomic mass is 10.0. The van der Waals surface area contributed by atoms with E-state index in [9.17, 15) is 4.79 Å². The third-order valence-electron chi connectivity index (χ3n) is 2.87. The molecule has 4 heteroatoms. The zero-order valence-corrected chi connectivity index (χ0v) is 9.74. The molecule has 1 heterocycles. The minimum atomic E-state index is 0.242. The molecule has 0 aromatic rings. The highest BCUT2D eigenvalue weighted by Gasteiger charge is 2.21. The maximum absolute atomic E-state index is 11.8. The minimum Gasteiger partial charge on any atom is -0.384 e. The van der Waals surface area contributed by atoms with Gasteiger partial charge in [0.05, 0.1) is 0 Å². The molecule has 0 spiro atoms. The van der Waals surface area contributed by atoms with Crippen LogP contribution in [0.25, 0.3) is 0 Å². The summed E-state index contributed by atoms with van der Waals surface area (Å²) in [6, 6.07) is 0.283. The summed E-state index contributed by atoms with van der Waals surface area (Å²) in [7, 11) is 1.67. The van der Waals surface area contributed by atoms with E-state index in [1.165, 1.54) is 0 Å². The number of carbonyl (C=O) groups excluding carboxylic acids is 1. The highest BCUT2D eigenvalue weighted by atomic mass is 16.5. The summed E-state index contributed by atoms with van der Waals surface area (Å²) in [4.78, 5) is 13.7. The Morgan fingerprint density at radius 3 is 2.67 bits per heavy atom. The van der Waals surface area contributed by atoms with E-state index >= 15 is 0 Å². The van der Waals surface area contributed by atoms with E-state index in [0.29, 0.717) is 18.9 Å². The van der Waals surface area contributed by atoms with E-state index < -0.39 is 0 Å². The highest BCUT2D eigenvalue weighted by molar-refractivity contribution is 5.76. The van der Waals surface area contributed by atoms with Crippen molar-refractivity contribution in [1.29, 1.82) is 0 Å². The number of hydrogen-bond donors (Lipinski definition) is 1. The molecule has 1 saturated heterocycles. The molecule has 88 valence electrons. The summed E-state index contributed by atoms with van der Waals surface area (Å²) < 4.78 is 5.02. The van der Waals surface area contributed by atoms with Gasteiger partial charge in [-0.1, -0.05) is 6.92 Å². The molecule has 1 unspecified atom stereocenters. The second kappa shape index (κ2) is 6.08.